The largest absolute Gasteiger partial charge is 0.374 e. The van der Waals surface area contributed by atoms with E-state index in [0.29, 0.717) is 5.69 Å². The van der Waals surface area contributed by atoms with E-state index in [4.69, 9.17) is 12.2 Å². The molecular weight excluding hydrogens is 462 g/mol. The molecule has 32 heavy (non-hydrogen) atoms. The van der Waals surface area contributed by atoms with E-state index in [0.717, 1.165) is 23.5 Å². The van der Waals surface area contributed by atoms with Gasteiger partial charge < -0.3 is 5.11 Å². The maximum absolute atomic E-state index is 13.8. The first-order chi connectivity index (χ1) is 15.1. The van der Waals surface area contributed by atoms with Crippen LogP contribution in [-0.2, 0) is 16.9 Å². The molecule has 1 aromatic carbocycles. The Hall–Kier alpha value is -3.29. The van der Waals surface area contributed by atoms with Gasteiger partial charge in [-0.05, 0) is 44.3 Å². The predicted molar refractivity (Wildman–Crippen MR) is 115 cm³/mol. The Morgan fingerprint density at radius 2 is 1.94 bits per heavy atom. The molecule has 2 heterocycles. The summed E-state index contributed by atoms with van der Waals surface area (Å²) in [5, 5.41) is 18.3. The smallest absolute Gasteiger partial charge is 0.277 e. The van der Waals surface area contributed by atoms with Gasteiger partial charge >= 0.3 is 0 Å². The highest BCUT2D eigenvalue weighted by atomic mass is 32.1. The standard InChI is InChI=1S/C19H18F2N6O3S2/c1-10-9-32-17(22-10)19(2,30)16(29)24-25-18(31)23-15(28)14-6-7-27(26-14)8-11-12(20)4-3-5-13(11)21/h3-7,9,30H,8H2,1-2H3,(H,24,29)(H2,23,25,28,31). The molecule has 0 fully saturated rings. The molecule has 0 bridgehead atoms. The zero-order valence-corrected chi connectivity index (χ0v) is 18.5. The van der Waals surface area contributed by atoms with Gasteiger partial charge in [0.05, 0.1) is 6.54 Å². The molecule has 4 N–H and O–H groups in total. The van der Waals surface area contributed by atoms with Crippen LogP contribution < -0.4 is 16.2 Å². The first-order valence-electron chi connectivity index (χ1n) is 9.11. The van der Waals surface area contributed by atoms with Crippen LogP contribution in [0.4, 0.5) is 8.78 Å². The van der Waals surface area contributed by atoms with Crippen molar-refractivity contribution < 1.29 is 23.5 Å². The van der Waals surface area contributed by atoms with Crippen molar-refractivity contribution in [2.45, 2.75) is 26.0 Å². The summed E-state index contributed by atoms with van der Waals surface area (Å²) in [5.74, 6) is -3.00. The van der Waals surface area contributed by atoms with Crippen molar-refractivity contribution in [3.8, 4) is 0 Å². The molecule has 13 heteroatoms. The van der Waals surface area contributed by atoms with E-state index in [1.807, 2.05) is 0 Å². The van der Waals surface area contributed by atoms with Gasteiger partial charge in [0.1, 0.15) is 16.6 Å². The maximum Gasteiger partial charge on any atom is 0.277 e. The van der Waals surface area contributed by atoms with E-state index < -0.39 is 29.0 Å². The number of carbonyl (C=O) groups is 2. The lowest BCUT2D eigenvalue weighted by Gasteiger charge is -2.20. The number of hydrogen-bond acceptors (Lipinski definition) is 7. The number of carbonyl (C=O) groups excluding carboxylic acids is 2. The second kappa shape index (κ2) is 9.46. The molecule has 1 atom stereocenters. The minimum absolute atomic E-state index is 0.0671. The lowest BCUT2D eigenvalue weighted by atomic mass is 10.1. The summed E-state index contributed by atoms with van der Waals surface area (Å²) in [6.07, 6.45) is 1.38. The number of aromatic nitrogens is 3. The van der Waals surface area contributed by atoms with Crippen molar-refractivity contribution in [2.24, 2.45) is 0 Å². The third-order valence-electron chi connectivity index (χ3n) is 4.25. The van der Waals surface area contributed by atoms with Crippen LogP contribution in [0.25, 0.3) is 0 Å². The first kappa shape index (κ1) is 23.4. The van der Waals surface area contributed by atoms with Crippen LogP contribution in [-0.4, -0.2) is 36.8 Å². The van der Waals surface area contributed by atoms with Crippen LogP contribution in [0.2, 0.25) is 0 Å². The van der Waals surface area contributed by atoms with Crippen LogP contribution in [0.15, 0.2) is 35.8 Å². The number of aliphatic hydroxyl groups is 1. The van der Waals surface area contributed by atoms with Crippen molar-refractivity contribution in [3.63, 3.8) is 0 Å². The van der Waals surface area contributed by atoms with Crippen molar-refractivity contribution in [2.75, 3.05) is 0 Å². The third kappa shape index (κ3) is 5.30. The molecule has 1 unspecified atom stereocenters. The number of aryl methyl sites for hydroxylation is 1. The number of hydrazine groups is 1. The maximum atomic E-state index is 13.8. The van der Waals surface area contributed by atoms with Crippen molar-refractivity contribution in [3.05, 3.63) is 69.4 Å². The molecule has 2 aromatic heterocycles. The van der Waals surface area contributed by atoms with Gasteiger partial charge in [-0.3, -0.25) is 30.4 Å². The summed E-state index contributed by atoms with van der Waals surface area (Å²) >= 11 is 6.07. The number of hydrogen-bond donors (Lipinski definition) is 4. The van der Waals surface area contributed by atoms with Gasteiger partial charge in [-0.25, -0.2) is 13.8 Å². The van der Waals surface area contributed by atoms with Gasteiger partial charge in [-0.2, -0.15) is 5.10 Å². The van der Waals surface area contributed by atoms with Crippen LogP contribution in [0.3, 0.4) is 0 Å². The van der Waals surface area contributed by atoms with Crippen LogP contribution in [0.5, 0.6) is 0 Å². The van der Waals surface area contributed by atoms with E-state index in [-0.39, 0.29) is 27.9 Å². The predicted octanol–water partition coefficient (Wildman–Crippen LogP) is 1.52. The Kier molecular flexibility index (Phi) is 6.91. The summed E-state index contributed by atoms with van der Waals surface area (Å²) in [5.41, 5.74) is 3.00. The van der Waals surface area contributed by atoms with Crippen molar-refractivity contribution >= 4 is 40.5 Å². The van der Waals surface area contributed by atoms with Crippen LogP contribution in [0.1, 0.15) is 33.7 Å². The molecule has 9 nitrogen and oxygen atoms in total. The average Bonchev–Trinajstić information content (AvgIpc) is 3.38. The fraction of sp³-hybridized carbons (Fsp3) is 0.211. The van der Waals surface area contributed by atoms with E-state index in [1.165, 1.54) is 29.9 Å². The molecule has 0 aliphatic carbocycles. The molecule has 0 radical (unpaired) electrons. The molecular formula is C19H18F2N6O3S2. The second-order valence-electron chi connectivity index (χ2n) is 6.83. The second-order valence-corrected chi connectivity index (χ2v) is 8.09. The zero-order valence-electron chi connectivity index (χ0n) is 16.8. The van der Waals surface area contributed by atoms with E-state index in [1.54, 1.807) is 12.3 Å². The fourth-order valence-electron chi connectivity index (χ4n) is 2.52. The lowest BCUT2D eigenvalue weighted by Crippen LogP contribution is -2.53. The Morgan fingerprint density at radius 3 is 2.56 bits per heavy atom. The Labute approximate surface area is 190 Å². The number of thiazole rings is 1. The number of nitrogens with zero attached hydrogens (tertiary/aromatic N) is 3. The van der Waals surface area contributed by atoms with Gasteiger partial charge in [0.15, 0.2) is 16.4 Å². The monoisotopic (exact) mass is 480 g/mol. The number of thiocarbonyl (C=S) groups is 1. The number of amides is 2. The van der Waals surface area contributed by atoms with Crippen molar-refractivity contribution in [1.29, 1.82) is 0 Å². The molecule has 0 spiro atoms. The fourth-order valence-corrected chi connectivity index (χ4v) is 3.52. The summed E-state index contributed by atoms with van der Waals surface area (Å²) in [4.78, 5) is 28.6. The number of benzene rings is 1. The number of halogens is 2. The lowest BCUT2D eigenvalue weighted by molar-refractivity contribution is -0.139. The molecule has 0 saturated carbocycles. The minimum Gasteiger partial charge on any atom is -0.374 e. The molecule has 0 aliphatic heterocycles. The highest BCUT2D eigenvalue weighted by molar-refractivity contribution is 7.80. The first-order valence-corrected chi connectivity index (χ1v) is 10.4. The Bertz CT molecular complexity index is 1160. The molecule has 3 aromatic rings. The minimum atomic E-state index is -1.91. The number of rotatable bonds is 5. The SMILES string of the molecule is Cc1csc(C(C)(O)C(=O)NNC(=S)NC(=O)c2ccn(Cc3c(F)cccc3F)n2)n1. The summed E-state index contributed by atoms with van der Waals surface area (Å²) < 4.78 is 28.7. The van der Waals surface area contributed by atoms with Crippen LogP contribution in [0, 0.1) is 18.6 Å². The van der Waals surface area contributed by atoms with Gasteiger partial charge in [0, 0.05) is 22.8 Å². The third-order valence-corrected chi connectivity index (χ3v) is 5.62. The summed E-state index contributed by atoms with van der Waals surface area (Å²) in [6.45, 7) is 2.79. The topological polar surface area (TPSA) is 121 Å². The van der Waals surface area contributed by atoms with Crippen LogP contribution >= 0.6 is 23.6 Å². The highest BCUT2D eigenvalue weighted by Crippen LogP contribution is 2.24. The van der Waals surface area contributed by atoms with E-state index in [9.17, 15) is 23.5 Å². The van der Waals surface area contributed by atoms with Gasteiger partial charge in [0.25, 0.3) is 11.8 Å². The summed E-state index contributed by atoms with van der Waals surface area (Å²) in [7, 11) is 0. The van der Waals surface area contributed by atoms with Crippen molar-refractivity contribution in [1.82, 2.24) is 30.9 Å². The molecule has 2 amide bonds. The Morgan fingerprint density at radius 1 is 1.25 bits per heavy atom. The number of nitrogens with one attached hydrogen (secondary N) is 3. The highest BCUT2D eigenvalue weighted by Gasteiger charge is 2.35. The zero-order chi connectivity index (χ0) is 23.5. The normalized spacial score (nSPS) is 12.7. The van der Waals surface area contributed by atoms with Gasteiger partial charge in [-0.15, -0.1) is 11.3 Å². The summed E-state index contributed by atoms with van der Waals surface area (Å²) in [6, 6.07) is 4.84. The molecule has 3 rings (SSSR count). The molecule has 168 valence electrons. The average molecular weight is 481 g/mol. The van der Waals surface area contributed by atoms with E-state index >= 15 is 0 Å². The quantitative estimate of drug-likeness (QED) is 0.323. The van der Waals surface area contributed by atoms with Gasteiger partial charge in [0.2, 0.25) is 0 Å². The van der Waals surface area contributed by atoms with E-state index in [2.05, 4.69) is 26.3 Å². The van der Waals surface area contributed by atoms with Gasteiger partial charge in [-0.1, -0.05) is 6.07 Å². The molecule has 0 saturated heterocycles. The Balaban J connectivity index is 1.55. The molecule has 0 aliphatic rings.